The van der Waals surface area contributed by atoms with Crippen molar-refractivity contribution in [2.45, 2.75) is 19.3 Å². The zero-order chi connectivity index (χ0) is 18.4. The largest absolute Gasteiger partial charge is 0.416 e. The molecule has 2 nitrogen and oxygen atoms in total. The molecule has 130 valence electrons. The molecule has 0 unspecified atom stereocenters. The topological polar surface area (TPSA) is 22.0 Å². The van der Waals surface area contributed by atoms with Crippen molar-refractivity contribution in [3.05, 3.63) is 61.5 Å². The summed E-state index contributed by atoms with van der Waals surface area (Å²) in [4.78, 5) is 11.9. The number of aromatic nitrogens is 1. The molecule has 1 aromatic carbocycles. The Kier molecular flexibility index (Phi) is 4.67. The molecule has 24 heavy (non-hydrogen) atoms. The van der Waals surface area contributed by atoms with Crippen molar-refractivity contribution in [1.29, 1.82) is 0 Å². The fourth-order valence-corrected chi connectivity index (χ4v) is 2.70. The van der Waals surface area contributed by atoms with Crippen LogP contribution in [0.1, 0.15) is 16.7 Å². The van der Waals surface area contributed by atoms with Gasteiger partial charge in [0.1, 0.15) is 0 Å². The maximum absolute atomic E-state index is 12.9. The third kappa shape index (κ3) is 3.39. The summed E-state index contributed by atoms with van der Waals surface area (Å²) in [5.41, 5.74) is -4.13. The maximum atomic E-state index is 12.9. The molecule has 1 heterocycles. The molecule has 0 spiro atoms. The van der Waals surface area contributed by atoms with E-state index < -0.39 is 44.6 Å². The highest BCUT2D eigenvalue weighted by Crippen LogP contribution is 2.40. The number of benzene rings is 1. The third-order valence-electron chi connectivity index (χ3n) is 3.23. The van der Waals surface area contributed by atoms with Crippen LogP contribution in [0.4, 0.5) is 26.3 Å². The van der Waals surface area contributed by atoms with Gasteiger partial charge >= 0.3 is 12.4 Å². The van der Waals surface area contributed by atoms with Crippen LogP contribution in [-0.2, 0) is 12.4 Å². The van der Waals surface area contributed by atoms with Crippen molar-refractivity contribution in [3.63, 3.8) is 0 Å². The molecule has 1 aromatic heterocycles. The van der Waals surface area contributed by atoms with Gasteiger partial charge in [-0.25, -0.2) is 0 Å². The predicted octanol–water partition coefficient (Wildman–Crippen LogP) is 5.49. The van der Waals surface area contributed by atoms with Gasteiger partial charge in [0.25, 0.3) is 5.56 Å². The molecule has 2 rings (SSSR count). The van der Waals surface area contributed by atoms with Crippen molar-refractivity contribution in [2.24, 2.45) is 0 Å². The highest BCUT2D eigenvalue weighted by atomic mass is 35.5. The third-order valence-corrected chi connectivity index (χ3v) is 3.98. The summed E-state index contributed by atoms with van der Waals surface area (Å²) < 4.78 is 77.1. The number of nitrogens with zero attached hydrogens (tertiary/aromatic N) is 1. The highest BCUT2D eigenvalue weighted by molar-refractivity contribution is 6.38. The van der Waals surface area contributed by atoms with Crippen molar-refractivity contribution in [2.75, 3.05) is 0 Å². The SMILES string of the molecule is Cc1c(C(F)(F)F)cc(Cl)c(-n2ccc(C(F)(F)F)cc2=O)c1Cl. The summed E-state index contributed by atoms with van der Waals surface area (Å²) in [7, 11) is 0. The lowest BCUT2D eigenvalue weighted by atomic mass is 10.1. The van der Waals surface area contributed by atoms with Crippen molar-refractivity contribution in [3.8, 4) is 5.69 Å². The Hall–Kier alpha value is -1.67. The number of pyridine rings is 1. The highest BCUT2D eigenvalue weighted by Gasteiger charge is 2.35. The summed E-state index contributed by atoms with van der Waals surface area (Å²) in [5, 5.41) is -0.989. The number of alkyl halides is 6. The first-order chi connectivity index (χ1) is 10.8. The molecule has 0 N–H and O–H groups in total. The van der Waals surface area contributed by atoms with Gasteiger partial charge in [-0.15, -0.1) is 0 Å². The van der Waals surface area contributed by atoms with E-state index in [0.717, 1.165) is 13.1 Å². The van der Waals surface area contributed by atoms with Gasteiger partial charge in [0, 0.05) is 12.3 Å². The summed E-state index contributed by atoms with van der Waals surface area (Å²) in [6.45, 7) is 1.07. The fourth-order valence-electron chi connectivity index (χ4n) is 2.06. The summed E-state index contributed by atoms with van der Waals surface area (Å²) in [6.07, 6.45) is -8.70. The van der Waals surface area contributed by atoms with Crippen LogP contribution in [-0.4, -0.2) is 4.57 Å². The van der Waals surface area contributed by atoms with Crippen molar-refractivity contribution in [1.82, 2.24) is 4.57 Å². The quantitative estimate of drug-likeness (QED) is 0.591. The molecule has 0 aliphatic carbocycles. The molecule has 0 aliphatic heterocycles. The monoisotopic (exact) mass is 389 g/mol. The van der Waals surface area contributed by atoms with Gasteiger partial charge in [0.2, 0.25) is 0 Å². The molecule has 0 saturated heterocycles. The van der Waals surface area contributed by atoms with Gasteiger partial charge in [-0.1, -0.05) is 23.2 Å². The smallest absolute Gasteiger partial charge is 0.281 e. The van der Waals surface area contributed by atoms with Crippen molar-refractivity contribution < 1.29 is 26.3 Å². The van der Waals surface area contributed by atoms with Crippen LogP contribution >= 0.6 is 23.2 Å². The van der Waals surface area contributed by atoms with Crippen LogP contribution in [0, 0.1) is 6.92 Å². The second-order valence-corrected chi connectivity index (χ2v) is 5.60. The maximum Gasteiger partial charge on any atom is 0.416 e. The normalized spacial score (nSPS) is 12.5. The Morgan fingerprint density at radius 2 is 1.58 bits per heavy atom. The average Bonchev–Trinajstić information content (AvgIpc) is 2.42. The molecule has 0 saturated carbocycles. The van der Waals surface area contributed by atoms with Gasteiger partial charge in [-0.05, 0) is 24.6 Å². The molecule has 10 heteroatoms. The van der Waals surface area contributed by atoms with E-state index in [1.165, 1.54) is 0 Å². The zero-order valence-electron chi connectivity index (χ0n) is 11.7. The minimum Gasteiger partial charge on any atom is -0.281 e. The van der Waals surface area contributed by atoms with E-state index in [0.29, 0.717) is 22.8 Å². The molecule has 2 aromatic rings. The summed E-state index contributed by atoms with van der Waals surface area (Å²) in [6, 6.07) is 1.48. The lowest BCUT2D eigenvalue weighted by Crippen LogP contribution is -2.21. The fraction of sp³-hybridized carbons (Fsp3) is 0.214. The molecule has 0 fully saturated rings. The van der Waals surface area contributed by atoms with Gasteiger partial charge in [-0.2, -0.15) is 26.3 Å². The molecule has 0 amide bonds. The minimum absolute atomic E-state index is 0.305. The number of hydrogen-bond donors (Lipinski definition) is 0. The Bertz CT molecular complexity index is 854. The standard InChI is InChI=1S/C14H7Cl2F6NO/c1-6-8(14(20,21)22)5-9(15)12(11(6)16)23-3-2-7(4-10(23)24)13(17,18)19/h2-5H,1H3. The van der Waals surface area contributed by atoms with E-state index in [2.05, 4.69) is 0 Å². The molecular formula is C14H7Cl2F6NO. The van der Waals surface area contributed by atoms with Crippen molar-refractivity contribution >= 4 is 23.2 Å². The van der Waals surface area contributed by atoms with E-state index in [1.807, 2.05) is 0 Å². The molecule has 0 radical (unpaired) electrons. The lowest BCUT2D eigenvalue weighted by molar-refractivity contribution is -0.138. The first-order valence-electron chi connectivity index (χ1n) is 6.20. The average molecular weight is 390 g/mol. The predicted molar refractivity (Wildman–Crippen MR) is 76.8 cm³/mol. The van der Waals surface area contributed by atoms with Crippen LogP contribution in [0.5, 0.6) is 0 Å². The Morgan fingerprint density at radius 1 is 1.00 bits per heavy atom. The summed E-state index contributed by atoms with van der Waals surface area (Å²) in [5.74, 6) is 0. The Morgan fingerprint density at radius 3 is 2.04 bits per heavy atom. The van der Waals surface area contributed by atoms with Crippen LogP contribution in [0.3, 0.4) is 0 Å². The van der Waals surface area contributed by atoms with Gasteiger partial charge in [-0.3, -0.25) is 9.36 Å². The summed E-state index contributed by atoms with van der Waals surface area (Å²) >= 11 is 11.7. The van der Waals surface area contributed by atoms with Gasteiger partial charge < -0.3 is 0 Å². The second-order valence-electron chi connectivity index (χ2n) is 4.81. The number of halogens is 8. The number of rotatable bonds is 1. The molecule has 0 aliphatic rings. The molecular weight excluding hydrogens is 383 g/mol. The van der Waals surface area contributed by atoms with Gasteiger partial charge in [0.05, 0.1) is 26.9 Å². The molecule has 0 atom stereocenters. The molecule has 0 bridgehead atoms. The van der Waals surface area contributed by atoms with E-state index in [-0.39, 0.29) is 5.69 Å². The first kappa shape index (κ1) is 18.7. The van der Waals surface area contributed by atoms with Crippen LogP contribution < -0.4 is 5.56 Å². The second kappa shape index (κ2) is 6.00. The van der Waals surface area contributed by atoms with Crippen LogP contribution in [0.15, 0.2) is 29.2 Å². The minimum atomic E-state index is -4.73. The van der Waals surface area contributed by atoms with Crippen LogP contribution in [0.25, 0.3) is 5.69 Å². The van der Waals surface area contributed by atoms with E-state index in [4.69, 9.17) is 23.2 Å². The van der Waals surface area contributed by atoms with Gasteiger partial charge in [0.15, 0.2) is 0 Å². The Labute approximate surface area is 141 Å². The lowest BCUT2D eigenvalue weighted by Gasteiger charge is -2.17. The van der Waals surface area contributed by atoms with E-state index >= 15 is 0 Å². The first-order valence-corrected chi connectivity index (χ1v) is 6.95. The van der Waals surface area contributed by atoms with E-state index in [1.54, 1.807) is 0 Å². The van der Waals surface area contributed by atoms with Crippen LogP contribution in [0.2, 0.25) is 10.0 Å². The van der Waals surface area contributed by atoms with E-state index in [9.17, 15) is 31.1 Å². The Balaban J connectivity index is 2.71. The zero-order valence-corrected chi connectivity index (χ0v) is 13.2. The number of hydrogen-bond acceptors (Lipinski definition) is 1.